The number of aliphatic imine (C=N–C) groups is 1. The van der Waals surface area contributed by atoms with Gasteiger partial charge in [0.05, 0.1) is 5.69 Å². The molecule has 1 amide bonds. The molecule has 7 atom stereocenters. The maximum absolute atomic E-state index is 12.3. The third-order valence-corrected chi connectivity index (χ3v) is 9.97. The lowest BCUT2D eigenvalue weighted by molar-refractivity contribution is -0.138. The Labute approximate surface area is 182 Å². The largest absolute Gasteiger partial charge is 0.370 e. The summed E-state index contributed by atoms with van der Waals surface area (Å²) >= 11 is 1.54. The Morgan fingerprint density at radius 3 is 2.77 bits per heavy atom. The van der Waals surface area contributed by atoms with Crippen molar-refractivity contribution >= 4 is 28.3 Å². The molecule has 1 aromatic rings. The molecule has 4 N–H and O–H groups in total. The second-order valence-corrected chi connectivity index (χ2v) is 11.2. The standard InChI is InChI=1S/C23H33N5OS/c1-22-10-8-15-13(4-7-18-23(15,2)11-9-19(29)28(18)3)14(22)5-6-16(22)17-12-30-21(26-17)27-20(24)25/h9,11-16,18H,4-8,10H2,1-3H3,(H4,24,25,26,27)/t13-,14-,15+,16?,18?,22-,23+/m0/s1. The molecule has 1 aromatic heterocycles. The van der Waals surface area contributed by atoms with Gasteiger partial charge in [-0.1, -0.05) is 19.9 Å². The number of fused-ring (bicyclic) bond motifs is 5. The number of amides is 1. The first-order chi connectivity index (χ1) is 14.2. The van der Waals surface area contributed by atoms with E-state index >= 15 is 0 Å². The van der Waals surface area contributed by atoms with E-state index in [-0.39, 0.29) is 22.7 Å². The van der Waals surface area contributed by atoms with Crippen molar-refractivity contribution in [2.75, 3.05) is 7.05 Å². The number of nitrogens with two attached hydrogens (primary N) is 2. The normalized spacial score (nSPS) is 42.4. The van der Waals surface area contributed by atoms with Gasteiger partial charge in [-0.15, -0.1) is 11.3 Å². The highest BCUT2D eigenvalue weighted by Crippen LogP contribution is 2.67. The Kier molecular flexibility index (Phi) is 4.55. The highest BCUT2D eigenvalue weighted by atomic mass is 32.1. The van der Waals surface area contributed by atoms with Gasteiger partial charge >= 0.3 is 0 Å². The van der Waals surface area contributed by atoms with E-state index in [0.717, 1.165) is 18.3 Å². The van der Waals surface area contributed by atoms with E-state index in [1.54, 1.807) is 0 Å². The fourth-order valence-corrected chi connectivity index (χ4v) is 8.58. The zero-order valence-corrected chi connectivity index (χ0v) is 19.0. The van der Waals surface area contributed by atoms with Crippen molar-refractivity contribution in [3.8, 4) is 0 Å². The molecule has 5 rings (SSSR count). The van der Waals surface area contributed by atoms with Gasteiger partial charge in [0, 0.05) is 29.8 Å². The number of rotatable bonds is 2. The molecule has 0 aromatic carbocycles. The lowest BCUT2D eigenvalue weighted by atomic mass is 9.47. The van der Waals surface area contributed by atoms with Gasteiger partial charge in [-0.25, -0.2) is 4.98 Å². The molecule has 0 radical (unpaired) electrons. The van der Waals surface area contributed by atoms with Crippen LogP contribution in [0.5, 0.6) is 0 Å². The van der Waals surface area contributed by atoms with Crippen LogP contribution in [0.25, 0.3) is 0 Å². The number of hydrogen-bond acceptors (Lipinski definition) is 4. The Morgan fingerprint density at radius 2 is 2.00 bits per heavy atom. The van der Waals surface area contributed by atoms with Crippen LogP contribution >= 0.6 is 11.3 Å². The van der Waals surface area contributed by atoms with Crippen LogP contribution in [0.3, 0.4) is 0 Å². The van der Waals surface area contributed by atoms with Gasteiger partial charge in [0.15, 0.2) is 5.96 Å². The molecule has 3 fully saturated rings. The third kappa shape index (κ3) is 2.77. The first kappa shape index (κ1) is 20.0. The van der Waals surface area contributed by atoms with E-state index in [1.807, 2.05) is 18.0 Å². The Hall–Kier alpha value is -1.89. The number of carbonyl (C=O) groups is 1. The molecule has 7 heteroatoms. The molecule has 2 unspecified atom stereocenters. The Morgan fingerprint density at radius 1 is 1.20 bits per heavy atom. The quantitative estimate of drug-likeness (QED) is 0.554. The average Bonchev–Trinajstić information content (AvgIpc) is 3.28. The van der Waals surface area contributed by atoms with Gasteiger partial charge in [0.25, 0.3) is 0 Å². The smallest absolute Gasteiger partial charge is 0.246 e. The molecular weight excluding hydrogens is 394 g/mol. The highest BCUT2D eigenvalue weighted by molar-refractivity contribution is 7.13. The summed E-state index contributed by atoms with van der Waals surface area (Å²) in [5, 5.41) is 2.83. The van der Waals surface area contributed by atoms with Crippen LogP contribution in [-0.2, 0) is 4.79 Å². The maximum atomic E-state index is 12.3. The summed E-state index contributed by atoms with van der Waals surface area (Å²) in [6.07, 6.45) is 11.4. The summed E-state index contributed by atoms with van der Waals surface area (Å²) in [7, 11) is 1.99. The predicted octanol–water partition coefficient (Wildman–Crippen LogP) is 3.77. The van der Waals surface area contributed by atoms with Gasteiger partial charge in [0.1, 0.15) is 0 Å². The van der Waals surface area contributed by atoms with Crippen LogP contribution in [0.1, 0.15) is 64.0 Å². The number of nitrogens with zero attached hydrogens (tertiary/aromatic N) is 3. The third-order valence-electron chi connectivity index (χ3n) is 9.22. The van der Waals surface area contributed by atoms with E-state index < -0.39 is 0 Å². The van der Waals surface area contributed by atoms with Crippen molar-refractivity contribution < 1.29 is 4.79 Å². The van der Waals surface area contributed by atoms with E-state index in [4.69, 9.17) is 16.5 Å². The fraction of sp³-hybridized carbons (Fsp3) is 0.696. The Balaban J connectivity index is 1.43. The van der Waals surface area contributed by atoms with Crippen LogP contribution in [0, 0.1) is 28.6 Å². The minimum atomic E-state index is 0.0703. The SMILES string of the molecule is CN1C(=O)C=C[C@@]2(C)C1CC[C@@H]1[C@H]2CC[C@]2(C)C(c3csc(N=C(N)N)n3)CC[C@@H]12. The summed E-state index contributed by atoms with van der Waals surface area (Å²) < 4.78 is 0. The summed E-state index contributed by atoms with van der Waals surface area (Å²) in [5.74, 6) is 2.84. The summed E-state index contributed by atoms with van der Waals surface area (Å²) in [6.45, 7) is 4.91. The van der Waals surface area contributed by atoms with Crippen LogP contribution < -0.4 is 11.5 Å². The predicted molar refractivity (Wildman–Crippen MR) is 120 cm³/mol. The second-order valence-electron chi connectivity index (χ2n) is 10.4. The van der Waals surface area contributed by atoms with Crippen LogP contribution in [-0.4, -0.2) is 34.8 Å². The molecule has 1 aliphatic heterocycles. The molecule has 4 aliphatic rings. The monoisotopic (exact) mass is 427 g/mol. The topological polar surface area (TPSA) is 97.6 Å². The first-order valence-corrected chi connectivity index (χ1v) is 12.1. The van der Waals surface area contributed by atoms with Gasteiger partial charge in [-0.2, -0.15) is 4.99 Å². The summed E-state index contributed by atoms with van der Waals surface area (Å²) in [4.78, 5) is 23.2. The maximum Gasteiger partial charge on any atom is 0.246 e. The van der Waals surface area contributed by atoms with Crippen molar-refractivity contribution in [2.45, 2.75) is 64.3 Å². The summed E-state index contributed by atoms with van der Waals surface area (Å²) in [5.41, 5.74) is 12.6. The average molecular weight is 428 g/mol. The molecule has 0 saturated heterocycles. The number of thiazole rings is 1. The van der Waals surface area contributed by atoms with Crippen molar-refractivity contribution in [1.29, 1.82) is 0 Å². The molecule has 2 heterocycles. The Bertz CT molecular complexity index is 920. The minimum absolute atomic E-state index is 0.0703. The lowest BCUT2D eigenvalue weighted by Gasteiger charge is -2.60. The van der Waals surface area contributed by atoms with Crippen molar-refractivity contribution in [3.63, 3.8) is 0 Å². The second kappa shape index (κ2) is 6.81. The van der Waals surface area contributed by atoms with E-state index in [1.165, 1.54) is 49.1 Å². The molecule has 0 spiro atoms. The van der Waals surface area contributed by atoms with Crippen LogP contribution in [0.15, 0.2) is 22.5 Å². The number of likely N-dealkylation sites (N-methyl/N-ethyl adjacent to an activating group) is 1. The molecule has 3 aliphatic carbocycles. The van der Waals surface area contributed by atoms with E-state index in [2.05, 4.69) is 30.3 Å². The van der Waals surface area contributed by atoms with Crippen LogP contribution in [0.2, 0.25) is 0 Å². The minimum Gasteiger partial charge on any atom is -0.370 e. The van der Waals surface area contributed by atoms with Gasteiger partial charge in [-0.05, 0) is 67.8 Å². The van der Waals surface area contributed by atoms with Gasteiger partial charge in [-0.3, -0.25) is 4.79 Å². The zero-order chi connectivity index (χ0) is 21.3. The molecule has 3 saturated carbocycles. The van der Waals surface area contributed by atoms with Crippen molar-refractivity contribution in [2.24, 2.45) is 45.0 Å². The molecule has 162 valence electrons. The lowest BCUT2D eigenvalue weighted by Crippen LogP contribution is -2.59. The summed E-state index contributed by atoms with van der Waals surface area (Å²) in [6, 6.07) is 0.346. The van der Waals surface area contributed by atoms with Crippen molar-refractivity contribution in [1.82, 2.24) is 9.88 Å². The van der Waals surface area contributed by atoms with Crippen molar-refractivity contribution in [3.05, 3.63) is 23.2 Å². The molecule has 0 bridgehead atoms. The fourth-order valence-electron chi connectivity index (χ4n) is 7.82. The highest BCUT2D eigenvalue weighted by Gasteiger charge is 2.60. The first-order valence-electron chi connectivity index (χ1n) is 11.2. The number of carbonyl (C=O) groups excluding carboxylic acids is 1. The van der Waals surface area contributed by atoms with Crippen LogP contribution in [0.4, 0.5) is 5.13 Å². The van der Waals surface area contributed by atoms with Gasteiger partial charge < -0.3 is 16.4 Å². The van der Waals surface area contributed by atoms with E-state index in [9.17, 15) is 4.79 Å². The molecule has 6 nitrogen and oxygen atoms in total. The van der Waals surface area contributed by atoms with E-state index in [0.29, 0.717) is 23.0 Å². The van der Waals surface area contributed by atoms with Gasteiger partial charge in [0.2, 0.25) is 11.0 Å². The molecular formula is C23H33N5OS. The number of guanidine groups is 1. The molecule has 30 heavy (non-hydrogen) atoms. The zero-order valence-electron chi connectivity index (χ0n) is 18.2. The number of hydrogen-bond donors (Lipinski definition) is 2. The number of aromatic nitrogens is 1.